The zero-order chi connectivity index (χ0) is 14.4. The highest BCUT2D eigenvalue weighted by Gasteiger charge is 2.16. The van der Waals surface area contributed by atoms with Crippen LogP contribution in [-0.2, 0) is 0 Å². The molecule has 1 atom stereocenters. The number of rotatable bonds is 6. The van der Waals surface area contributed by atoms with E-state index in [-0.39, 0.29) is 6.04 Å². The fourth-order valence-electron chi connectivity index (χ4n) is 2.26. The average Bonchev–Trinajstić information content (AvgIpc) is 2.50. The second-order valence-corrected chi connectivity index (χ2v) is 5.97. The van der Waals surface area contributed by atoms with Crippen molar-refractivity contribution in [3.05, 3.63) is 64.7 Å². The second-order valence-electron chi connectivity index (χ2n) is 4.68. The minimum atomic E-state index is 0.218. The zero-order valence-electron chi connectivity index (χ0n) is 11.9. The van der Waals surface area contributed by atoms with Crippen LogP contribution in [0.5, 0.6) is 0 Å². The predicted molar refractivity (Wildman–Crippen MR) is 89.8 cm³/mol. The zero-order valence-corrected chi connectivity index (χ0v) is 13.5. The number of nitrogens with one attached hydrogen (secondary N) is 1. The number of hydrogen-bond acceptors (Lipinski definition) is 2. The first-order valence-corrected chi connectivity index (χ1v) is 8.48. The van der Waals surface area contributed by atoms with Crippen LogP contribution in [0, 0.1) is 0 Å². The molecule has 20 heavy (non-hydrogen) atoms. The van der Waals surface area contributed by atoms with Gasteiger partial charge in [-0.05, 0) is 48.5 Å². The van der Waals surface area contributed by atoms with Crippen molar-refractivity contribution in [2.75, 3.05) is 12.8 Å². The molecule has 0 saturated heterocycles. The van der Waals surface area contributed by atoms with Gasteiger partial charge >= 0.3 is 0 Å². The van der Waals surface area contributed by atoms with E-state index in [1.54, 1.807) is 11.8 Å². The summed E-state index contributed by atoms with van der Waals surface area (Å²) >= 11 is 7.79. The van der Waals surface area contributed by atoms with E-state index in [4.69, 9.17) is 11.6 Å². The van der Waals surface area contributed by atoms with Crippen LogP contribution in [0.2, 0.25) is 5.02 Å². The number of thioether (sulfide) groups is 1. The number of hydrogen-bond donors (Lipinski definition) is 1. The Bertz CT molecular complexity index is 539. The number of halogens is 1. The van der Waals surface area contributed by atoms with E-state index < -0.39 is 0 Å². The Balaban J connectivity index is 2.38. The van der Waals surface area contributed by atoms with Crippen LogP contribution in [0.15, 0.2) is 53.4 Å². The van der Waals surface area contributed by atoms with E-state index in [1.165, 1.54) is 16.0 Å². The monoisotopic (exact) mass is 305 g/mol. The summed E-state index contributed by atoms with van der Waals surface area (Å²) in [6, 6.07) is 16.9. The first-order chi connectivity index (χ1) is 9.76. The molecule has 0 fully saturated rings. The molecule has 1 N–H and O–H groups in total. The third-order valence-electron chi connectivity index (χ3n) is 3.25. The van der Waals surface area contributed by atoms with E-state index >= 15 is 0 Å². The van der Waals surface area contributed by atoms with Crippen LogP contribution in [0.3, 0.4) is 0 Å². The van der Waals surface area contributed by atoms with E-state index in [1.807, 2.05) is 12.1 Å². The van der Waals surface area contributed by atoms with Crippen molar-refractivity contribution in [3.63, 3.8) is 0 Å². The minimum absolute atomic E-state index is 0.218. The van der Waals surface area contributed by atoms with E-state index in [2.05, 4.69) is 54.9 Å². The average molecular weight is 306 g/mol. The van der Waals surface area contributed by atoms with Crippen LogP contribution in [0.25, 0.3) is 0 Å². The molecule has 0 spiro atoms. The molecule has 3 heteroatoms. The SMILES string of the molecule is CCCNC(c1ccc(Cl)cc1)c1ccccc1SC. The second kappa shape index (κ2) is 7.72. The predicted octanol–water partition coefficient (Wildman–Crippen LogP) is 5.15. The Labute approximate surface area is 130 Å². The molecule has 0 heterocycles. The summed E-state index contributed by atoms with van der Waals surface area (Å²) in [5.74, 6) is 0. The van der Waals surface area contributed by atoms with Gasteiger partial charge in [0.2, 0.25) is 0 Å². The van der Waals surface area contributed by atoms with Gasteiger partial charge < -0.3 is 5.32 Å². The van der Waals surface area contributed by atoms with Gasteiger partial charge in [-0.2, -0.15) is 0 Å². The topological polar surface area (TPSA) is 12.0 Å². The Hall–Kier alpha value is -0.960. The minimum Gasteiger partial charge on any atom is -0.306 e. The fraction of sp³-hybridized carbons (Fsp3) is 0.294. The Kier molecular flexibility index (Phi) is 5.96. The van der Waals surface area contributed by atoms with Gasteiger partial charge in [-0.3, -0.25) is 0 Å². The fourth-order valence-corrected chi connectivity index (χ4v) is 3.02. The Morgan fingerprint density at radius 3 is 2.45 bits per heavy atom. The maximum Gasteiger partial charge on any atom is 0.0587 e. The maximum atomic E-state index is 6.00. The van der Waals surface area contributed by atoms with Crippen LogP contribution >= 0.6 is 23.4 Å². The molecule has 106 valence electrons. The molecule has 2 aromatic carbocycles. The molecule has 0 amide bonds. The summed E-state index contributed by atoms with van der Waals surface area (Å²) in [6.45, 7) is 3.18. The molecule has 0 aromatic heterocycles. The molecule has 0 aliphatic rings. The number of benzene rings is 2. The lowest BCUT2D eigenvalue weighted by Gasteiger charge is -2.22. The molecule has 1 unspecified atom stereocenters. The van der Waals surface area contributed by atoms with E-state index in [0.717, 1.165) is 18.0 Å². The quantitative estimate of drug-likeness (QED) is 0.741. The van der Waals surface area contributed by atoms with Crippen molar-refractivity contribution < 1.29 is 0 Å². The maximum absolute atomic E-state index is 6.00. The van der Waals surface area contributed by atoms with Gasteiger partial charge in [-0.1, -0.05) is 48.9 Å². The summed E-state index contributed by atoms with van der Waals surface area (Å²) < 4.78 is 0. The molecular formula is C17H20ClNS. The lowest BCUT2D eigenvalue weighted by atomic mass is 9.98. The van der Waals surface area contributed by atoms with Gasteiger partial charge in [0.05, 0.1) is 6.04 Å². The first-order valence-electron chi connectivity index (χ1n) is 6.88. The van der Waals surface area contributed by atoms with Crippen molar-refractivity contribution >= 4 is 23.4 Å². The molecule has 0 aliphatic carbocycles. The summed E-state index contributed by atoms with van der Waals surface area (Å²) in [5.41, 5.74) is 2.58. The highest BCUT2D eigenvalue weighted by molar-refractivity contribution is 7.98. The van der Waals surface area contributed by atoms with Crippen LogP contribution in [-0.4, -0.2) is 12.8 Å². The van der Waals surface area contributed by atoms with Gasteiger partial charge in [-0.25, -0.2) is 0 Å². The molecule has 0 saturated carbocycles. The lowest BCUT2D eigenvalue weighted by molar-refractivity contribution is 0.592. The molecule has 2 aromatic rings. The van der Waals surface area contributed by atoms with Crippen molar-refractivity contribution in [1.29, 1.82) is 0 Å². The third kappa shape index (κ3) is 3.78. The van der Waals surface area contributed by atoms with Crippen molar-refractivity contribution in [2.45, 2.75) is 24.3 Å². The van der Waals surface area contributed by atoms with Crippen LogP contribution in [0.1, 0.15) is 30.5 Å². The summed E-state index contributed by atoms with van der Waals surface area (Å²) in [4.78, 5) is 1.32. The smallest absolute Gasteiger partial charge is 0.0587 e. The van der Waals surface area contributed by atoms with Crippen molar-refractivity contribution in [3.8, 4) is 0 Å². The Morgan fingerprint density at radius 1 is 1.10 bits per heavy atom. The molecule has 0 aliphatic heterocycles. The summed E-state index contributed by atoms with van der Waals surface area (Å²) in [6.07, 6.45) is 3.24. The van der Waals surface area contributed by atoms with Crippen molar-refractivity contribution in [2.24, 2.45) is 0 Å². The largest absolute Gasteiger partial charge is 0.306 e. The highest BCUT2D eigenvalue weighted by atomic mass is 35.5. The molecule has 0 bridgehead atoms. The Morgan fingerprint density at radius 2 is 1.80 bits per heavy atom. The molecule has 0 radical (unpaired) electrons. The van der Waals surface area contributed by atoms with Gasteiger partial charge in [-0.15, -0.1) is 11.8 Å². The van der Waals surface area contributed by atoms with E-state index in [0.29, 0.717) is 0 Å². The van der Waals surface area contributed by atoms with Crippen LogP contribution < -0.4 is 5.32 Å². The molecule has 2 rings (SSSR count). The van der Waals surface area contributed by atoms with Gasteiger partial charge in [0.1, 0.15) is 0 Å². The molecule has 1 nitrogen and oxygen atoms in total. The van der Waals surface area contributed by atoms with Crippen molar-refractivity contribution in [1.82, 2.24) is 5.32 Å². The van der Waals surface area contributed by atoms with Crippen LogP contribution in [0.4, 0.5) is 0 Å². The highest BCUT2D eigenvalue weighted by Crippen LogP contribution is 2.30. The standard InChI is InChI=1S/C17H20ClNS/c1-3-12-19-17(13-8-10-14(18)11-9-13)15-6-4-5-7-16(15)20-2/h4-11,17,19H,3,12H2,1-2H3. The summed E-state index contributed by atoms with van der Waals surface area (Å²) in [5, 5.41) is 4.42. The summed E-state index contributed by atoms with van der Waals surface area (Å²) in [7, 11) is 0. The van der Waals surface area contributed by atoms with Gasteiger partial charge in [0.15, 0.2) is 0 Å². The lowest BCUT2D eigenvalue weighted by Crippen LogP contribution is -2.23. The molecular weight excluding hydrogens is 286 g/mol. The third-order valence-corrected chi connectivity index (χ3v) is 4.32. The normalized spacial score (nSPS) is 12.3. The first kappa shape index (κ1) is 15.4. The van der Waals surface area contributed by atoms with E-state index in [9.17, 15) is 0 Å². The van der Waals surface area contributed by atoms with Gasteiger partial charge in [0, 0.05) is 9.92 Å². The van der Waals surface area contributed by atoms with Gasteiger partial charge in [0.25, 0.3) is 0 Å².